The summed E-state index contributed by atoms with van der Waals surface area (Å²) in [6.07, 6.45) is 3.64. The number of nitrogens with two attached hydrogens (primary N) is 1. The Balaban J connectivity index is 1.84. The Kier molecular flexibility index (Phi) is 6.29. The summed E-state index contributed by atoms with van der Waals surface area (Å²) in [5.74, 6) is -0.0109. The minimum atomic E-state index is -0.483. The number of nitrogens with one attached hydrogen (secondary N) is 2. The third-order valence-electron chi connectivity index (χ3n) is 4.16. The van der Waals surface area contributed by atoms with Crippen LogP contribution in [0.4, 0.5) is 10.5 Å². The monoisotopic (exact) mass is 336 g/mol. The normalized spacial score (nSPS) is 17.5. The maximum atomic E-state index is 12.4. The van der Waals surface area contributed by atoms with Crippen LogP contribution >= 0.6 is 11.8 Å². The van der Waals surface area contributed by atoms with Gasteiger partial charge in [0.2, 0.25) is 5.91 Å². The van der Waals surface area contributed by atoms with Crippen molar-refractivity contribution in [1.82, 2.24) is 10.2 Å². The van der Waals surface area contributed by atoms with E-state index in [9.17, 15) is 9.59 Å². The van der Waals surface area contributed by atoms with Crippen molar-refractivity contribution in [2.45, 2.75) is 36.7 Å². The molecule has 0 spiro atoms. The topological polar surface area (TPSA) is 87.5 Å². The van der Waals surface area contributed by atoms with E-state index in [2.05, 4.69) is 15.5 Å². The molecule has 1 heterocycles. The van der Waals surface area contributed by atoms with E-state index in [0.717, 1.165) is 31.6 Å². The highest BCUT2D eigenvalue weighted by Crippen LogP contribution is 2.19. The van der Waals surface area contributed by atoms with E-state index < -0.39 is 6.03 Å². The van der Waals surface area contributed by atoms with Crippen molar-refractivity contribution in [3.63, 3.8) is 0 Å². The molecule has 23 heavy (non-hydrogen) atoms. The quantitative estimate of drug-likeness (QED) is 0.716. The molecule has 126 valence electrons. The number of carbonyl (C=O) groups is 2. The Hall–Kier alpha value is -1.73. The average molecular weight is 336 g/mol. The summed E-state index contributed by atoms with van der Waals surface area (Å²) in [6, 6.07) is 7.24. The summed E-state index contributed by atoms with van der Waals surface area (Å²) < 4.78 is 0. The van der Waals surface area contributed by atoms with Crippen molar-refractivity contribution in [1.29, 1.82) is 0 Å². The number of primary amides is 1. The van der Waals surface area contributed by atoms with E-state index in [1.807, 2.05) is 37.4 Å². The number of hydrogen-bond donors (Lipinski definition) is 3. The molecule has 1 unspecified atom stereocenters. The standard InChI is InChI=1S/C16H24N4O2S/c1-11(20-9-7-13(8-10-20)19-16(17)22)15(21)18-12-3-5-14(23-2)6-4-12/h3-6,11,13H,7-10H2,1-2H3,(H,18,21)(H3,17,19,22). The first-order valence-corrected chi connectivity index (χ1v) is 8.97. The molecule has 1 atom stereocenters. The summed E-state index contributed by atoms with van der Waals surface area (Å²) in [5.41, 5.74) is 5.95. The van der Waals surface area contributed by atoms with Crippen LogP contribution in [0, 0.1) is 0 Å². The largest absolute Gasteiger partial charge is 0.352 e. The Morgan fingerprint density at radius 1 is 1.26 bits per heavy atom. The van der Waals surface area contributed by atoms with Gasteiger partial charge in [0.1, 0.15) is 0 Å². The van der Waals surface area contributed by atoms with Gasteiger partial charge in [-0.2, -0.15) is 0 Å². The van der Waals surface area contributed by atoms with Crippen LogP contribution in [0.1, 0.15) is 19.8 Å². The lowest BCUT2D eigenvalue weighted by molar-refractivity contribution is -0.121. The Labute approximate surface area is 141 Å². The van der Waals surface area contributed by atoms with Crippen molar-refractivity contribution in [3.8, 4) is 0 Å². The number of urea groups is 1. The highest BCUT2D eigenvalue weighted by atomic mass is 32.2. The molecule has 0 bridgehead atoms. The fraction of sp³-hybridized carbons (Fsp3) is 0.500. The number of thioether (sulfide) groups is 1. The highest BCUT2D eigenvalue weighted by molar-refractivity contribution is 7.98. The van der Waals surface area contributed by atoms with E-state index in [1.165, 1.54) is 4.90 Å². The number of likely N-dealkylation sites (tertiary alicyclic amines) is 1. The number of benzene rings is 1. The molecule has 6 nitrogen and oxygen atoms in total. The van der Waals surface area contributed by atoms with Gasteiger partial charge in [0.05, 0.1) is 6.04 Å². The summed E-state index contributed by atoms with van der Waals surface area (Å²) in [4.78, 5) is 26.5. The first-order chi connectivity index (χ1) is 11.0. The van der Waals surface area contributed by atoms with Crippen molar-refractivity contribution < 1.29 is 9.59 Å². The van der Waals surface area contributed by atoms with Gasteiger partial charge in [0, 0.05) is 29.7 Å². The molecule has 2 rings (SSSR count). The average Bonchev–Trinajstić information content (AvgIpc) is 2.55. The molecule has 7 heteroatoms. The van der Waals surface area contributed by atoms with Crippen LogP contribution < -0.4 is 16.4 Å². The number of hydrogen-bond acceptors (Lipinski definition) is 4. The van der Waals surface area contributed by atoms with Crippen LogP contribution in [-0.4, -0.2) is 48.3 Å². The molecular formula is C16H24N4O2S. The molecule has 1 aromatic carbocycles. The highest BCUT2D eigenvalue weighted by Gasteiger charge is 2.27. The van der Waals surface area contributed by atoms with Gasteiger partial charge < -0.3 is 16.4 Å². The fourth-order valence-electron chi connectivity index (χ4n) is 2.72. The molecule has 0 radical (unpaired) electrons. The second-order valence-electron chi connectivity index (χ2n) is 5.71. The maximum Gasteiger partial charge on any atom is 0.312 e. The lowest BCUT2D eigenvalue weighted by Gasteiger charge is -2.35. The summed E-state index contributed by atoms with van der Waals surface area (Å²) >= 11 is 1.67. The van der Waals surface area contributed by atoms with E-state index in [0.29, 0.717) is 0 Å². The van der Waals surface area contributed by atoms with Crippen molar-refractivity contribution >= 4 is 29.4 Å². The summed E-state index contributed by atoms with van der Waals surface area (Å²) in [5, 5.41) is 5.68. The molecule has 0 aromatic heterocycles. The lowest BCUT2D eigenvalue weighted by atomic mass is 10.0. The zero-order valence-electron chi connectivity index (χ0n) is 13.5. The van der Waals surface area contributed by atoms with Gasteiger partial charge in [-0.3, -0.25) is 9.69 Å². The van der Waals surface area contributed by atoms with E-state index in [1.54, 1.807) is 11.8 Å². The van der Waals surface area contributed by atoms with E-state index >= 15 is 0 Å². The molecule has 1 fully saturated rings. The van der Waals surface area contributed by atoms with Crippen LogP contribution in [0.3, 0.4) is 0 Å². The van der Waals surface area contributed by atoms with Gasteiger partial charge in [0.25, 0.3) is 0 Å². The molecule has 0 saturated carbocycles. The maximum absolute atomic E-state index is 12.4. The second kappa shape index (κ2) is 8.21. The Morgan fingerprint density at radius 3 is 2.39 bits per heavy atom. The van der Waals surface area contributed by atoms with Crippen LogP contribution in [0.25, 0.3) is 0 Å². The van der Waals surface area contributed by atoms with Gasteiger partial charge in [-0.05, 0) is 50.3 Å². The van der Waals surface area contributed by atoms with E-state index in [-0.39, 0.29) is 18.0 Å². The summed E-state index contributed by atoms with van der Waals surface area (Å²) in [6.45, 7) is 3.45. The zero-order valence-corrected chi connectivity index (χ0v) is 14.4. The van der Waals surface area contributed by atoms with Crippen molar-refractivity contribution in [2.75, 3.05) is 24.7 Å². The van der Waals surface area contributed by atoms with Crippen molar-refractivity contribution in [3.05, 3.63) is 24.3 Å². The molecule has 1 aliphatic heterocycles. The molecular weight excluding hydrogens is 312 g/mol. The molecule has 1 aromatic rings. The number of carbonyl (C=O) groups excluding carboxylic acids is 2. The van der Waals surface area contributed by atoms with Crippen LogP contribution in [0.15, 0.2) is 29.2 Å². The van der Waals surface area contributed by atoms with Gasteiger partial charge >= 0.3 is 6.03 Å². The molecule has 3 amide bonds. The molecule has 4 N–H and O–H groups in total. The van der Waals surface area contributed by atoms with Crippen LogP contribution in [0.2, 0.25) is 0 Å². The van der Waals surface area contributed by atoms with Crippen molar-refractivity contribution in [2.24, 2.45) is 5.73 Å². The number of rotatable bonds is 5. The molecule has 0 aliphatic carbocycles. The van der Waals surface area contributed by atoms with Gasteiger partial charge in [-0.15, -0.1) is 11.8 Å². The summed E-state index contributed by atoms with van der Waals surface area (Å²) in [7, 11) is 0. The third-order valence-corrected chi connectivity index (χ3v) is 4.90. The first-order valence-electron chi connectivity index (χ1n) is 7.74. The first kappa shape index (κ1) is 17.6. The number of amides is 3. The minimum Gasteiger partial charge on any atom is -0.352 e. The molecule has 1 saturated heterocycles. The van der Waals surface area contributed by atoms with Gasteiger partial charge in [-0.25, -0.2) is 4.79 Å². The predicted molar refractivity (Wildman–Crippen MR) is 93.6 cm³/mol. The minimum absolute atomic E-state index is 0.0109. The van der Waals surface area contributed by atoms with Gasteiger partial charge in [0.15, 0.2) is 0 Å². The van der Waals surface area contributed by atoms with E-state index in [4.69, 9.17) is 5.73 Å². The SMILES string of the molecule is CSc1ccc(NC(=O)C(C)N2CCC(NC(N)=O)CC2)cc1. The number of nitrogens with zero attached hydrogens (tertiary/aromatic N) is 1. The fourth-order valence-corrected chi connectivity index (χ4v) is 3.13. The smallest absolute Gasteiger partial charge is 0.312 e. The zero-order chi connectivity index (χ0) is 16.8. The van der Waals surface area contributed by atoms with Crippen LogP contribution in [-0.2, 0) is 4.79 Å². The lowest BCUT2D eigenvalue weighted by Crippen LogP contribution is -2.51. The van der Waals surface area contributed by atoms with Gasteiger partial charge in [-0.1, -0.05) is 0 Å². The third kappa shape index (κ3) is 5.14. The number of piperidine rings is 1. The Bertz CT molecular complexity index is 542. The molecule has 1 aliphatic rings. The van der Waals surface area contributed by atoms with Crippen LogP contribution in [0.5, 0.6) is 0 Å². The number of anilines is 1. The second-order valence-corrected chi connectivity index (χ2v) is 6.59. The Morgan fingerprint density at radius 2 is 1.87 bits per heavy atom. The predicted octanol–water partition coefficient (Wildman–Crippen LogP) is 1.87.